The van der Waals surface area contributed by atoms with Crippen molar-refractivity contribution in [3.05, 3.63) is 76.0 Å². The van der Waals surface area contributed by atoms with E-state index in [0.717, 1.165) is 12.1 Å². The van der Waals surface area contributed by atoms with E-state index in [-0.39, 0.29) is 16.2 Å². The highest BCUT2D eigenvalue weighted by atomic mass is 35.5. The van der Waals surface area contributed by atoms with Crippen molar-refractivity contribution in [1.82, 2.24) is 10.6 Å². The maximum absolute atomic E-state index is 14.3. The van der Waals surface area contributed by atoms with E-state index in [4.69, 9.17) is 23.8 Å². The molecule has 0 bridgehead atoms. The number of nitrogens with one attached hydrogen (secondary N) is 3. The molecule has 0 spiro atoms. The average molecular weight is 394 g/mol. The van der Waals surface area contributed by atoms with Crippen molar-refractivity contribution in [2.75, 3.05) is 5.32 Å². The van der Waals surface area contributed by atoms with Gasteiger partial charge in [0.1, 0.15) is 11.6 Å². The molecule has 1 aliphatic heterocycles. The first-order valence-electron chi connectivity index (χ1n) is 7.66. The van der Waals surface area contributed by atoms with Crippen LogP contribution < -0.4 is 16.0 Å². The zero-order valence-corrected chi connectivity index (χ0v) is 15.1. The Morgan fingerprint density at radius 1 is 1.19 bits per heavy atom. The van der Waals surface area contributed by atoms with E-state index < -0.39 is 23.6 Å². The molecule has 1 heterocycles. The Labute approximate surface area is 159 Å². The third-order valence-corrected chi connectivity index (χ3v) is 4.34. The molecule has 1 atom stereocenters. The number of hydrogen-bond acceptors (Lipinski definition) is 2. The van der Waals surface area contributed by atoms with E-state index in [1.165, 1.54) is 6.07 Å². The highest BCUT2D eigenvalue weighted by Crippen LogP contribution is 2.31. The zero-order valence-electron chi connectivity index (χ0n) is 13.6. The third kappa shape index (κ3) is 3.68. The summed E-state index contributed by atoms with van der Waals surface area (Å²) in [6.07, 6.45) is 0. The lowest BCUT2D eigenvalue weighted by Crippen LogP contribution is -2.46. The molecule has 0 fully saturated rings. The molecule has 3 N–H and O–H groups in total. The van der Waals surface area contributed by atoms with Gasteiger partial charge in [0.2, 0.25) is 0 Å². The van der Waals surface area contributed by atoms with Gasteiger partial charge in [0.25, 0.3) is 5.91 Å². The van der Waals surface area contributed by atoms with Crippen molar-refractivity contribution >= 4 is 40.5 Å². The van der Waals surface area contributed by atoms with Crippen LogP contribution in [0.1, 0.15) is 18.5 Å². The second-order valence-electron chi connectivity index (χ2n) is 5.67. The number of allylic oxidation sites excluding steroid dienone is 1. The monoisotopic (exact) mass is 393 g/mol. The molecule has 0 aromatic heterocycles. The predicted molar refractivity (Wildman–Crippen MR) is 101 cm³/mol. The molecule has 1 aliphatic rings. The van der Waals surface area contributed by atoms with Crippen LogP contribution in [-0.4, -0.2) is 11.0 Å². The number of amides is 1. The van der Waals surface area contributed by atoms with Gasteiger partial charge in [0, 0.05) is 16.4 Å². The first kappa shape index (κ1) is 18.3. The third-order valence-electron chi connectivity index (χ3n) is 3.88. The molecule has 26 heavy (non-hydrogen) atoms. The topological polar surface area (TPSA) is 53.2 Å². The first-order chi connectivity index (χ1) is 12.4. The van der Waals surface area contributed by atoms with Gasteiger partial charge < -0.3 is 16.0 Å². The molecular weight excluding hydrogens is 380 g/mol. The van der Waals surface area contributed by atoms with E-state index in [2.05, 4.69) is 16.0 Å². The van der Waals surface area contributed by atoms with Crippen LogP contribution in [0.3, 0.4) is 0 Å². The summed E-state index contributed by atoms with van der Waals surface area (Å²) in [4.78, 5) is 12.8. The molecule has 1 amide bonds. The van der Waals surface area contributed by atoms with E-state index in [1.807, 2.05) is 0 Å². The summed E-state index contributed by atoms with van der Waals surface area (Å²) in [5.41, 5.74) is 0.721. The van der Waals surface area contributed by atoms with Gasteiger partial charge in [0.15, 0.2) is 5.11 Å². The van der Waals surface area contributed by atoms with Crippen molar-refractivity contribution in [3.8, 4) is 0 Å². The van der Waals surface area contributed by atoms with Crippen LogP contribution in [0.4, 0.5) is 14.5 Å². The summed E-state index contributed by atoms with van der Waals surface area (Å²) in [6.45, 7) is 1.62. The number of anilines is 1. The van der Waals surface area contributed by atoms with Crippen molar-refractivity contribution in [2.24, 2.45) is 0 Å². The second kappa shape index (κ2) is 7.39. The van der Waals surface area contributed by atoms with Crippen LogP contribution in [0.2, 0.25) is 5.02 Å². The van der Waals surface area contributed by atoms with Gasteiger partial charge in [-0.2, -0.15) is 0 Å². The zero-order chi connectivity index (χ0) is 18.8. The van der Waals surface area contributed by atoms with Crippen molar-refractivity contribution in [1.29, 1.82) is 0 Å². The molecule has 0 saturated carbocycles. The number of halogens is 3. The van der Waals surface area contributed by atoms with Gasteiger partial charge in [-0.25, -0.2) is 8.78 Å². The van der Waals surface area contributed by atoms with Crippen LogP contribution >= 0.6 is 23.8 Å². The number of carbonyl (C=O) groups excluding carboxylic acids is 1. The Morgan fingerprint density at radius 3 is 2.50 bits per heavy atom. The SMILES string of the molecule is CC1=C(C(=O)Nc2cccc(Cl)c2)[C@@H](c2c(F)cccc2F)NC(=S)N1. The van der Waals surface area contributed by atoms with Gasteiger partial charge in [-0.3, -0.25) is 4.79 Å². The number of thiocarbonyl (C=S) groups is 1. The van der Waals surface area contributed by atoms with E-state index in [1.54, 1.807) is 31.2 Å². The average Bonchev–Trinajstić information content (AvgIpc) is 2.54. The molecular formula is C18H14ClF2N3OS. The summed E-state index contributed by atoms with van der Waals surface area (Å²) in [5.74, 6) is -2.07. The fourth-order valence-electron chi connectivity index (χ4n) is 2.76. The standard InChI is InChI=1S/C18H14ClF2N3OS/c1-9-14(17(25)23-11-5-2-4-10(19)8-11)16(24-18(26)22-9)15-12(20)6-3-7-13(15)21/h2-8,16H,1H3,(H,23,25)(H2,22,24,26)/t16-/m0/s1. The lowest BCUT2D eigenvalue weighted by atomic mass is 9.94. The predicted octanol–water partition coefficient (Wildman–Crippen LogP) is 4.05. The van der Waals surface area contributed by atoms with Crippen LogP contribution in [0.25, 0.3) is 0 Å². The van der Waals surface area contributed by atoms with Crippen LogP contribution in [-0.2, 0) is 4.79 Å². The van der Waals surface area contributed by atoms with Gasteiger partial charge in [0.05, 0.1) is 17.2 Å². The lowest BCUT2D eigenvalue weighted by molar-refractivity contribution is -0.113. The fraction of sp³-hybridized carbons (Fsp3) is 0.111. The van der Waals surface area contributed by atoms with Gasteiger partial charge in [-0.1, -0.05) is 23.7 Å². The van der Waals surface area contributed by atoms with Crippen LogP contribution in [0.15, 0.2) is 53.7 Å². The van der Waals surface area contributed by atoms with Crippen LogP contribution in [0, 0.1) is 11.6 Å². The smallest absolute Gasteiger partial charge is 0.255 e. The second-order valence-corrected chi connectivity index (χ2v) is 6.51. The molecule has 0 saturated heterocycles. The van der Waals surface area contributed by atoms with Gasteiger partial charge in [-0.15, -0.1) is 0 Å². The molecule has 134 valence electrons. The van der Waals surface area contributed by atoms with Crippen molar-refractivity contribution in [3.63, 3.8) is 0 Å². The minimum Gasteiger partial charge on any atom is -0.351 e. The summed E-state index contributed by atoms with van der Waals surface area (Å²) in [6, 6.07) is 9.04. The molecule has 3 rings (SSSR count). The fourth-order valence-corrected chi connectivity index (χ4v) is 3.22. The van der Waals surface area contributed by atoms with Gasteiger partial charge in [-0.05, 0) is 49.5 Å². The highest BCUT2D eigenvalue weighted by molar-refractivity contribution is 7.80. The Hall–Kier alpha value is -2.51. The molecule has 0 radical (unpaired) electrons. The van der Waals surface area contributed by atoms with Crippen molar-refractivity contribution in [2.45, 2.75) is 13.0 Å². The van der Waals surface area contributed by atoms with E-state index in [0.29, 0.717) is 16.4 Å². The number of benzene rings is 2. The number of hydrogen-bond donors (Lipinski definition) is 3. The van der Waals surface area contributed by atoms with Crippen LogP contribution in [0.5, 0.6) is 0 Å². The quantitative estimate of drug-likeness (QED) is 0.689. The minimum absolute atomic E-state index is 0.127. The molecule has 4 nitrogen and oxygen atoms in total. The Kier molecular flexibility index (Phi) is 5.20. The van der Waals surface area contributed by atoms with Gasteiger partial charge >= 0.3 is 0 Å². The summed E-state index contributed by atoms with van der Waals surface area (Å²) in [5, 5.41) is 8.90. The first-order valence-corrected chi connectivity index (χ1v) is 8.44. The number of carbonyl (C=O) groups is 1. The Morgan fingerprint density at radius 2 is 1.85 bits per heavy atom. The minimum atomic E-state index is -1.07. The number of rotatable bonds is 3. The molecule has 8 heteroatoms. The maximum atomic E-state index is 14.3. The highest BCUT2D eigenvalue weighted by Gasteiger charge is 2.33. The molecule has 0 aliphatic carbocycles. The van der Waals surface area contributed by atoms with Crippen molar-refractivity contribution < 1.29 is 13.6 Å². The Balaban J connectivity index is 2.02. The van der Waals surface area contributed by atoms with E-state index in [9.17, 15) is 13.6 Å². The lowest BCUT2D eigenvalue weighted by Gasteiger charge is -2.30. The molecule has 0 unspecified atom stereocenters. The molecule has 2 aromatic rings. The van der Waals surface area contributed by atoms with E-state index >= 15 is 0 Å². The summed E-state index contributed by atoms with van der Waals surface area (Å²) in [7, 11) is 0. The normalized spacial score (nSPS) is 16.8. The largest absolute Gasteiger partial charge is 0.351 e. The molecule has 2 aromatic carbocycles. The Bertz CT molecular complexity index is 912. The summed E-state index contributed by atoms with van der Waals surface area (Å²) >= 11 is 11.0. The maximum Gasteiger partial charge on any atom is 0.255 e. The summed E-state index contributed by atoms with van der Waals surface area (Å²) < 4.78 is 28.6.